The van der Waals surface area contributed by atoms with Crippen LogP contribution in [0.15, 0.2) is 40.5 Å². The summed E-state index contributed by atoms with van der Waals surface area (Å²) in [6.07, 6.45) is 1.67. The van der Waals surface area contributed by atoms with E-state index in [4.69, 9.17) is 14.9 Å². The van der Waals surface area contributed by atoms with E-state index in [0.29, 0.717) is 11.3 Å². The third-order valence-corrected chi connectivity index (χ3v) is 5.13. The van der Waals surface area contributed by atoms with Crippen molar-refractivity contribution in [1.29, 1.82) is 5.41 Å². The second-order valence-corrected chi connectivity index (χ2v) is 7.15. The van der Waals surface area contributed by atoms with E-state index in [1.54, 1.807) is 33.1 Å². The number of ether oxygens (including phenoxy) is 2. The van der Waals surface area contributed by atoms with Crippen molar-refractivity contribution in [3.8, 4) is 0 Å². The molecule has 30 heavy (non-hydrogen) atoms. The summed E-state index contributed by atoms with van der Waals surface area (Å²) in [4.78, 5) is 40.9. The maximum Gasteiger partial charge on any atom is 0.336 e. The van der Waals surface area contributed by atoms with E-state index in [1.807, 2.05) is 0 Å². The second kappa shape index (κ2) is 10.1. The number of esters is 2. The predicted octanol–water partition coefficient (Wildman–Crippen LogP) is 3.49. The molecule has 0 fully saturated rings. The molecule has 0 amide bonds. The fourth-order valence-corrected chi connectivity index (χ4v) is 3.64. The van der Waals surface area contributed by atoms with Gasteiger partial charge in [0.25, 0.3) is 5.69 Å². The molecule has 2 unspecified atom stereocenters. The van der Waals surface area contributed by atoms with Crippen LogP contribution in [0.1, 0.15) is 32.3 Å². The SMILES string of the molecule is CCOC(=O)C1=C(C(=N)SC)N=C(C)C(C(=O)OCC)C1c1cccc([N+](=O)[O-])c1. The van der Waals surface area contributed by atoms with Crippen LogP contribution in [-0.2, 0) is 19.1 Å². The normalized spacial score (nSPS) is 18.5. The number of hydrogen-bond acceptors (Lipinski definition) is 9. The summed E-state index contributed by atoms with van der Waals surface area (Å²) in [6.45, 7) is 5.11. The van der Waals surface area contributed by atoms with Gasteiger partial charge < -0.3 is 9.47 Å². The minimum absolute atomic E-state index is 0.0142. The number of nitrogens with one attached hydrogen (secondary N) is 1. The smallest absolute Gasteiger partial charge is 0.336 e. The summed E-state index contributed by atoms with van der Waals surface area (Å²) in [7, 11) is 0. The highest BCUT2D eigenvalue weighted by Gasteiger charge is 2.44. The molecule has 9 nitrogen and oxygen atoms in total. The zero-order chi connectivity index (χ0) is 22.4. The quantitative estimate of drug-likeness (QED) is 0.229. The number of nitrogens with zero attached hydrogens (tertiary/aromatic N) is 2. The first-order valence-electron chi connectivity index (χ1n) is 9.27. The van der Waals surface area contributed by atoms with E-state index in [2.05, 4.69) is 4.99 Å². The van der Waals surface area contributed by atoms with Gasteiger partial charge >= 0.3 is 11.9 Å². The third kappa shape index (κ3) is 4.76. The first-order valence-corrected chi connectivity index (χ1v) is 10.5. The number of non-ortho nitro benzene ring substituents is 1. The fourth-order valence-electron chi connectivity index (χ4n) is 3.29. The first-order chi connectivity index (χ1) is 14.3. The van der Waals surface area contributed by atoms with Crippen LogP contribution < -0.4 is 0 Å². The molecule has 1 aromatic carbocycles. The number of rotatable bonds is 7. The Balaban J connectivity index is 2.81. The molecule has 1 aliphatic heterocycles. The largest absolute Gasteiger partial charge is 0.465 e. The fraction of sp³-hybridized carbons (Fsp3) is 0.400. The minimum atomic E-state index is -0.982. The second-order valence-electron chi connectivity index (χ2n) is 6.33. The lowest BCUT2D eigenvalue weighted by Crippen LogP contribution is -2.37. The van der Waals surface area contributed by atoms with Gasteiger partial charge in [-0.15, -0.1) is 11.8 Å². The van der Waals surface area contributed by atoms with E-state index >= 15 is 0 Å². The van der Waals surface area contributed by atoms with Crippen LogP contribution in [0.2, 0.25) is 0 Å². The number of benzene rings is 1. The highest BCUT2D eigenvalue weighted by atomic mass is 32.2. The Morgan fingerprint density at radius 3 is 2.50 bits per heavy atom. The van der Waals surface area contributed by atoms with Gasteiger partial charge in [0.2, 0.25) is 0 Å². The Bertz CT molecular complexity index is 940. The summed E-state index contributed by atoms with van der Waals surface area (Å²) >= 11 is 1.08. The van der Waals surface area contributed by atoms with Gasteiger partial charge in [-0.3, -0.25) is 25.3 Å². The van der Waals surface area contributed by atoms with Crippen molar-refractivity contribution in [2.45, 2.75) is 26.7 Å². The van der Waals surface area contributed by atoms with Crippen LogP contribution in [0.25, 0.3) is 0 Å². The average Bonchev–Trinajstić information content (AvgIpc) is 2.72. The average molecular weight is 433 g/mol. The Morgan fingerprint density at radius 1 is 1.27 bits per heavy atom. The Hall–Kier alpha value is -3.01. The van der Waals surface area contributed by atoms with Crippen LogP contribution in [0.5, 0.6) is 0 Å². The van der Waals surface area contributed by atoms with Crippen molar-refractivity contribution in [1.82, 2.24) is 0 Å². The number of carbonyl (C=O) groups is 2. The summed E-state index contributed by atoms with van der Waals surface area (Å²) in [5, 5.41) is 19.6. The standard InChI is InChI=1S/C20H23N3O6S/c1-5-28-19(24)14-11(3)22-17(18(21)30-4)16(20(25)29-6-2)15(14)12-8-7-9-13(10-12)23(26)27/h7-10,14-15,21H,5-6H2,1-4H3. The molecule has 2 rings (SSSR count). The van der Waals surface area contributed by atoms with Crippen LogP contribution >= 0.6 is 11.8 Å². The molecule has 1 N–H and O–H groups in total. The van der Waals surface area contributed by atoms with Gasteiger partial charge in [-0.05, 0) is 32.6 Å². The predicted molar refractivity (Wildman–Crippen MR) is 114 cm³/mol. The highest BCUT2D eigenvalue weighted by molar-refractivity contribution is 8.13. The molecule has 0 bridgehead atoms. The number of carbonyl (C=O) groups excluding carboxylic acids is 2. The molecule has 1 aromatic rings. The van der Waals surface area contributed by atoms with Gasteiger partial charge in [-0.25, -0.2) is 4.79 Å². The van der Waals surface area contributed by atoms with E-state index in [1.165, 1.54) is 18.2 Å². The van der Waals surface area contributed by atoms with Crippen molar-refractivity contribution in [2.75, 3.05) is 19.5 Å². The maximum absolute atomic E-state index is 12.9. The van der Waals surface area contributed by atoms with Crippen molar-refractivity contribution in [2.24, 2.45) is 10.9 Å². The van der Waals surface area contributed by atoms with Crippen molar-refractivity contribution < 1.29 is 24.0 Å². The Kier molecular flexibility index (Phi) is 7.87. The van der Waals surface area contributed by atoms with Gasteiger partial charge in [0, 0.05) is 23.8 Å². The van der Waals surface area contributed by atoms with Crippen LogP contribution in [0.3, 0.4) is 0 Å². The molecule has 0 aliphatic carbocycles. The van der Waals surface area contributed by atoms with Gasteiger partial charge in [0.15, 0.2) is 0 Å². The molecule has 0 saturated heterocycles. The van der Waals surface area contributed by atoms with E-state index in [-0.39, 0.29) is 35.2 Å². The molecule has 0 saturated carbocycles. The lowest BCUT2D eigenvalue weighted by molar-refractivity contribution is -0.384. The molecule has 0 radical (unpaired) electrons. The number of nitro groups is 1. The monoisotopic (exact) mass is 433 g/mol. The van der Waals surface area contributed by atoms with E-state index < -0.39 is 28.7 Å². The number of nitro benzene ring substituents is 1. The first kappa shape index (κ1) is 23.3. The molecule has 1 aliphatic rings. The molecule has 10 heteroatoms. The third-order valence-electron chi connectivity index (χ3n) is 4.53. The van der Waals surface area contributed by atoms with Crippen molar-refractivity contribution >= 4 is 40.1 Å². The Labute approximate surface area is 178 Å². The topological polar surface area (TPSA) is 132 Å². The molecule has 0 aromatic heterocycles. The molecule has 2 atom stereocenters. The van der Waals surface area contributed by atoms with Gasteiger partial charge in [-0.1, -0.05) is 12.1 Å². The van der Waals surface area contributed by atoms with Crippen LogP contribution in [-0.4, -0.2) is 47.1 Å². The van der Waals surface area contributed by atoms with Crippen LogP contribution in [0, 0.1) is 21.4 Å². The summed E-state index contributed by atoms with van der Waals surface area (Å²) in [6, 6.07) is 5.72. The maximum atomic E-state index is 12.9. The Morgan fingerprint density at radius 2 is 1.93 bits per heavy atom. The summed E-state index contributed by atoms with van der Waals surface area (Å²) < 4.78 is 10.4. The van der Waals surface area contributed by atoms with Gasteiger partial charge in [0.1, 0.15) is 16.7 Å². The molecular formula is C20H23N3O6S. The molecule has 160 valence electrons. The molecular weight excluding hydrogens is 410 g/mol. The number of thioether (sulfide) groups is 1. The van der Waals surface area contributed by atoms with Gasteiger partial charge in [0.05, 0.1) is 23.7 Å². The lowest BCUT2D eigenvalue weighted by atomic mass is 9.75. The van der Waals surface area contributed by atoms with E-state index in [9.17, 15) is 19.7 Å². The summed E-state index contributed by atoms with van der Waals surface area (Å²) in [5.41, 5.74) is 0.647. The van der Waals surface area contributed by atoms with E-state index in [0.717, 1.165) is 11.8 Å². The number of aliphatic imine (C=N–C) groups is 1. The van der Waals surface area contributed by atoms with Gasteiger partial charge in [-0.2, -0.15) is 0 Å². The number of hydrogen-bond donors (Lipinski definition) is 1. The zero-order valence-electron chi connectivity index (χ0n) is 17.1. The van der Waals surface area contributed by atoms with Crippen molar-refractivity contribution in [3.63, 3.8) is 0 Å². The summed E-state index contributed by atoms with van der Waals surface area (Å²) in [5.74, 6) is -3.26. The lowest BCUT2D eigenvalue weighted by Gasteiger charge is -2.32. The highest BCUT2D eigenvalue weighted by Crippen LogP contribution is 2.42. The van der Waals surface area contributed by atoms with Crippen LogP contribution in [0.4, 0.5) is 5.69 Å². The molecule has 0 spiro atoms. The molecule has 1 heterocycles. The van der Waals surface area contributed by atoms with Crippen molar-refractivity contribution in [3.05, 3.63) is 51.2 Å². The minimum Gasteiger partial charge on any atom is -0.465 e. The zero-order valence-corrected chi connectivity index (χ0v) is 17.9.